The molecule has 0 radical (unpaired) electrons. The van der Waals surface area contributed by atoms with Crippen LogP contribution in [0.15, 0.2) is 18.2 Å². The summed E-state index contributed by atoms with van der Waals surface area (Å²) in [5.74, 6) is -0.398. The number of hydrogen-bond acceptors (Lipinski definition) is 4. The normalized spacial score (nSPS) is 18.8. The Hall–Kier alpha value is -2.13. The van der Waals surface area contributed by atoms with Crippen molar-refractivity contribution in [3.8, 4) is 6.07 Å². The lowest BCUT2D eigenvalue weighted by Gasteiger charge is -2.36. The summed E-state index contributed by atoms with van der Waals surface area (Å²) in [5.41, 5.74) is 0.743. The molecule has 1 N–H and O–H groups in total. The zero-order chi connectivity index (χ0) is 15.5. The number of nitrogens with zero attached hydrogens (tertiary/aromatic N) is 3. The summed E-state index contributed by atoms with van der Waals surface area (Å²) in [6.45, 7) is 3.27. The Bertz CT molecular complexity index is 601. The van der Waals surface area contributed by atoms with Crippen molar-refractivity contribution in [1.82, 2.24) is 10.2 Å². The summed E-state index contributed by atoms with van der Waals surface area (Å²) in [7, 11) is 0. The molecular weight excluding hydrogens is 283 g/mol. The molecule has 1 aliphatic heterocycles. The first-order valence-corrected chi connectivity index (χ1v) is 7.62. The SMILES string of the molecule is N#Cc1c(F)cccc1N1CCN(CC(=O)NC2CC2)CC1. The fraction of sp³-hybridized carbons (Fsp3) is 0.500. The van der Waals surface area contributed by atoms with Crippen LogP contribution in [0.2, 0.25) is 0 Å². The van der Waals surface area contributed by atoms with Crippen LogP contribution in [0.3, 0.4) is 0 Å². The molecule has 1 heterocycles. The second-order valence-electron chi connectivity index (χ2n) is 5.85. The largest absolute Gasteiger partial charge is 0.368 e. The van der Waals surface area contributed by atoms with Gasteiger partial charge in [0.25, 0.3) is 0 Å². The second kappa shape index (κ2) is 6.32. The molecule has 22 heavy (non-hydrogen) atoms. The minimum absolute atomic E-state index is 0.0828. The Labute approximate surface area is 129 Å². The molecule has 0 atom stereocenters. The van der Waals surface area contributed by atoms with E-state index in [1.165, 1.54) is 6.07 Å². The van der Waals surface area contributed by atoms with E-state index in [-0.39, 0.29) is 11.5 Å². The zero-order valence-electron chi connectivity index (χ0n) is 12.4. The van der Waals surface area contributed by atoms with Crippen LogP contribution in [0.25, 0.3) is 0 Å². The predicted octanol–water partition coefficient (Wildman–Crippen LogP) is 1.10. The molecule has 2 fully saturated rings. The van der Waals surface area contributed by atoms with Crippen LogP contribution in [-0.4, -0.2) is 49.6 Å². The number of hydrogen-bond donors (Lipinski definition) is 1. The standard InChI is InChI=1S/C16H19FN4O/c17-14-2-1-3-15(13(14)10-18)21-8-6-20(7-9-21)11-16(22)19-12-4-5-12/h1-3,12H,4-9,11H2,(H,19,22). The van der Waals surface area contributed by atoms with Gasteiger partial charge in [0.1, 0.15) is 17.4 Å². The van der Waals surface area contributed by atoms with Crippen molar-refractivity contribution in [2.24, 2.45) is 0 Å². The zero-order valence-corrected chi connectivity index (χ0v) is 12.4. The number of rotatable bonds is 4. The number of piperazine rings is 1. The second-order valence-corrected chi connectivity index (χ2v) is 5.85. The smallest absolute Gasteiger partial charge is 0.234 e. The number of halogens is 1. The van der Waals surface area contributed by atoms with Crippen LogP contribution in [0.1, 0.15) is 18.4 Å². The van der Waals surface area contributed by atoms with Gasteiger partial charge in [-0.2, -0.15) is 5.26 Å². The monoisotopic (exact) mass is 302 g/mol. The minimum Gasteiger partial charge on any atom is -0.368 e. The van der Waals surface area contributed by atoms with Crippen LogP contribution in [0.4, 0.5) is 10.1 Å². The first-order chi connectivity index (χ1) is 10.7. The van der Waals surface area contributed by atoms with Gasteiger partial charge in [-0.3, -0.25) is 9.69 Å². The van der Waals surface area contributed by atoms with E-state index in [1.54, 1.807) is 12.1 Å². The average molecular weight is 302 g/mol. The summed E-state index contributed by atoms with van der Waals surface area (Å²) >= 11 is 0. The molecular formula is C16H19FN4O. The molecule has 1 amide bonds. The van der Waals surface area contributed by atoms with Crippen molar-refractivity contribution in [1.29, 1.82) is 5.26 Å². The highest BCUT2D eigenvalue weighted by atomic mass is 19.1. The van der Waals surface area contributed by atoms with Gasteiger partial charge < -0.3 is 10.2 Å². The highest BCUT2D eigenvalue weighted by molar-refractivity contribution is 5.78. The molecule has 1 saturated carbocycles. The van der Waals surface area contributed by atoms with Gasteiger partial charge in [-0.1, -0.05) is 6.07 Å². The summed E-state index contributed by atoms with van der Waals surface area (Å²) in [6.07, 6.45) is 2.19. The number of nitriles is 1. The maximum absolute atomic E-state index is 13.7. The third-order valence-electron chi connectivity index (χ3n) is 4.13. The number of nitrogens with one attached hydrogen (secondary N) is 1. The highest BCUT2D eigenvalue weighted by Crippen LogP contribution is 2.23. The molecule has 6 heteroatoms. The van der Waals surface area contributed by atoms with E-state index in [9.17, 15) is 9.18 Å². The van der Waals surface area contributed by atoms with Crippen molar-refractivity contribution in [3.05, 3.63) is 29.6 Å². The average Bonchev–Trinajstić information content (AvgIpc) is 3.31. The molecule has 2 aliphatic rings. The van der Waals surface area contributed by atoms with Crippen LogP contribution in [0, 0.1) is 17.1 Å². The fourth-order valence-corrected chi connectivity index (χ4v) is 2.74. The molecule has 1 aromatic rings. The molecule has 3 rings (SSSR count). The number of amides is 1. The molecule has 0 unspecified atom stereocenters. The number of benzene rings is 1. The summed E-state index contributed by atoms with van der Waals surface area (Å²) in [6, 6.07) is 7.03. The lowest BCUT2D eigenvalue weighted by molar-refractivity contribution is -0.122. The van der Waals surface area contributed by atoms with E-state index < -0.39 is 5.82 Å². The van der Waals surface area contributed by atoms with Gasteiger partial charge in [-0.25, -0.2) is 4.39 Å². The minimum atomic E-state index is -0.480. The third kappa shape index (κ3) is 3.37. The van der Waals surface area contributed by atoms with Gasteiger partial charge in [0.15, 0.2) is 0 Å². The number of carbonyl (C=O) groups is 1. The third-order valence-corrected chi connectivity index (χ3v) is 4.13. The van der Waals surface area contributed by atoms with E-state index in [0.29, 0.717) is 31.4 Å². The van der Waals surface area contributed by atoms with Gasteiger partial charge in [0.2, 0.25) is 5.91 Å². The predicted molar refractivity (Wildman–Crippen MR) is 80.9 cm³/mol. The molecule has 0 bridgehead atoms. The summed E-state index contributed by atoms with van der Waals surface area (Å²) < 4.78 is 13.7. The van der Waals surface area contributed by atoms with E-state index in [2.05, 4.69) is 10.2 Å². The maximum atomic E-state index is 13.7. The van der Waals surface area contributed by atoms with Crippen LogP contribution < -0.4 is 10.2 Å². The van der Waals surface area contributed by atoms with Gasteiger partial charge >= 0.3 is 0 Å². The van der Waals surface area contributed by atoms with E-state index in [4.69, 9.17) is 5.26 Å². The van der Waals surface area contributed by atoms with Gasteiger partial charge in [-0.15, -0.1) is 0 Å². The molecule has 0 aromatic heterocycles. The Morgan fingerprint density at radius 2 is 2.05 bits per heavy atom. The van der Waals surface area contributed by atoms with Crippen molar-refractivity contribution in [2.75, 3.05) is 37.6 Å². The van der Waals surface area contributed by atoms with Crippen molar-refractivity contribution >= 4 is 11.6 Å². The molecule has 1 saturated heterocycles. The van der Waals surface area contributed by atoms with Crippen molar-refractivity contribution < 1.29 is 9.18 Å². The molecule has 116 valence electrons. The quantitative estimate of drug-likeness (QED) is 0.905. The van der Waals surface area contributed by atoms with Gasteiger partial charge in [-0.05, 0) is 25.0 Å². The Morgan fingerprint density at radius 1 is 1.32 bits per heavy atom. The lowest BCUT2D eigenvalue weighted by Crippen LogP contribution is -2.50. The Kier molecular flexibility index (Phi) is 4.25. The topological polar surface area (TPSA) is 59.4 Å². The van der Waals surface area contributed by atoms with Crippen LogP contribution in [-0.2, 0) is 4.79 Å². The van der Waals surface area contributed by atoms with Crippen molar-refractivity contribution in [3.63, 3.8) is 0 Å². The molecule has 1 aromatic carbocycles. The molecule has 0 spiro atoms. The summed E-state index contributed by atoms with van der Waals surface area (Å²) in [4.78, 5) is 15.9. The van der Waals surface area contributed by atoms with E-state index >= 15 is 0 Å². The fourth-order valence-electron chi connectivity index (χ4n) is 2.74. The van der Waals surface area contributed by atoms with Crippen LogP contribution in [0.5, 0.6) is 0 Å². The lowest BCUT2D eigenvalue weighted by atomic mass is 10.1. The number of anilines is 1. The van der Waals surface area contributed by atoms with Crippen LogP contribution >= 0.6 is 0 Å². The molecule has 1 aliphatic carbocycles. The van der Waals surface area contributed by atoms with E-state index in [0.717, 1.165) is 25.9 Å². The molecule has 5 nitrogen and oxygen atoms in total. The maximum Gasteiger partial charge on any atom is 0.234 e. The highest BCUT2D eigenvalue weighted by Gasteiger charge is 2.26. The Morgan fingerprint density at radius 3 is 2.68 bits per heavy atom. The van der Waals surface area contributed by atoms with Crippen molar-refractivity contribution in [2.45, 2.75) is 18.9 Å². The van der Waals surface area contributed by atoms with Gasteiger partial charge in [0.05, 0.1) is 12.2 Å². The van der Waals surface area contributed by atoms with E-state index in [1.807, 2.05) is 11.0 Å². The first kappa shape index (κ1) is 14.8. The number of carbonyl (C=O) groups excluding carboxylic acids is 1. The van der Waals surface area contributed by atoms with Gasteiger partial charge in [0, 0.05) is 32.2 Å². The summed E-state index contributed by atoms with van der Waals surface area (Å²) in [5, 5.41) is 12.1. The first-order valence-electron chi connectivity index (χ1n) is 7.62. The Balaban J connectivity index is 1.56.